The predicted octanol–water partition coefficient (Wildman–Crippen LogP) is 1.54. The molecule has 3 heterocycles. The number of aromatic nitrogens is 2. The van der Waals surface area contributed by atoms with Gasteiger partial charge in [0, 0.05) is 41.2 Å². The number of benzene rings is 1. The van der Waals surface area contributed by atoms with Gasteiger partial charge in [-0.3, -0.25) is 14.6 Å². The van der Waals surface area contributed by atoms with Crippen molar-refractivity contribution in [2.45, 2.75) is 38.3 Å². The Morgan fingerprint density at radius 3 is 2.72 bits per heavy atom. The van der Waals surface area contributed by atoms with E-state index in [2.05, 4.69) is 9.97 Å². The molecule has 0 bridgehead atoms. The second-order valence-corrected chi connectivity index (χ2v) is 8.02. The number of carbonyl (C=O) groups is 1. The molecule has 0 atom stereocenters. The van der Waals surface area contributed by atoms with Gasteiger partial charge in [-0.1, -0.05) is 11.6 Å². The van der Waals surface area contributed by atoms with Crippen molar-refractivity contribution < 1.29 is 14.3 Å². The highest BCUT2D eigenvalue weighted by atomic mass is 35.5. The van der Waals surface area contributed by atoms with Gasteiger partial charge in [-0.25, -0.2) is 4.79 Å². The lowest BCUT2D eigenvalue weighted by Gasteiger charge is -2.39. The maximum Gasteiger partial charge on any atom is 0.325 e. The number of amides is 1. The first kappa shape index (κ1) is 19.7. The third-order valence-corrected chi connectivity index (χ3v) is 5.76. The standard InChI is InChI=1S/C20H22ClN3O5/c1-12-15(18(26)23-19(27)22-12)9-17(25)24-10-13-8-14(21)2-3-16(13)29-20(11-24)4-6-28-7-5-20/h2-3,8H,4-7,9-11H2,1H3,(H2,22,23,26,27). The van der Waals surface area contributed by atoms with E-state index in [0.717, 1.165) is 5.56 Å². The number of rotatable bonds is 2. The summed E-state index contributed by atoms with van der Waals surface area (Å²) in [6.07, 6.45) is 1.22. The van der Waals surface area contributed by atoms with Gasteiger partial charge in [-0.05, 0) is 25.1 Å². The van der Waals surface area contributed by atoms with Crippen LogP contribution < -0.4 is 16.0 Å². The smallest absolute Gasteiger partial charge is 0.325 e. The highest BCUT2D eigenvalue weighted by Crippen LogP contribution is 2.36. The molecule has 9 heteroatoms. The topological polar surface area (TPSA) is 104 Å². The van der Waals surface area contributed by atoms with Crippen LogP contribution in [0.1, 0.15) is 29.7 Å². The Morgan fingerprint density at radius 1 is 1.24 bits per heavy atom. The van der Waals surface area contributed by atoms with E-state index in [0.29, 0.717) is 55.6 Å². The Labute approximate surface area is 171 Å². The fourth-order valence-electron chi connectivity index (χ4n) is 3.93. The molecule has 154 valence electrons. The molecule has 0 aliphatic carbocycles. The van der Waals surface area contributed by atoms with Gasteiger partial charge in [-0.2, -0.15) is 0 Å². The molecule has 1 spiro atoms. The van der Waals surface area contributed by atoms with Crippen LogP contribution in [0.25, 0.3) is 0 Å². The Hall–Kier alpha value is -2.58. The van der Waals surface area contributed by atoms with Crippen LogP contribution in [0.3, 0.4) is 0 Å². The van der Waals surface area contributed by atoms with Crippen molar-refractivity contribution >= 4 is 17.5 Å². The van der Waals surface area contributed by atoms with E-state index in [-0.39, 0.29) is 17.9 Å². The number of nitrogens with zero attached hydrogens (tertiary/aromatic N) is 1. The third kappa shape index (κ3) is 4.09. The second-order valence-electron chi connectivity index (χ2n) is 7.59. The highest BCUT2D eigenvalue weighted by Gasteiger charge is 2.40. The summed E-state index contributed by atoms with van der Waals surface area (Å²) >= 11 is 6.16. The number of ether oxygens (including phenoxy) is 2. The second kappa shape index (κ2) is 7.68. The minimum absolute atomic E-state index is 0.111. The van der Waals surface area contributed by atoms with Gasteiger partial charge in [0.15, 0.2) is 0 Å². The van der Waals surface area contributed by atoms with Crippen LogP contribution in [0.4, 0.5) is 0 Å². The van der Waals surface area contributed by atoms with E-state index in [1.165, 1.54) is 0 Å². The summed E-state index contributed by atoms with van der Waals surface area (Å²) in [4.78, 5) is 43.2. The molecule has 4 rings (SSSR count). The highest BCUT2D eigenvalue weighted by molar-refractivity contribution is 6.30. The molecule has 1 fully saturated rings. The average Bonchev–Trinajstić information content (AvgIpc) is 2.81. The zero-order valence-electron chi connectivity index (χ0n) is 16.0. The zero-order chi connectivity index (χ0) is 20.6. The largest absolute Gasteiger partial charge is 0.485 e. The van der Waals surface area contributed by atoms with Gasteiger partial charge < -0.3 is 19.4 Å². The summed E-state index contributed by atoms with van der Waals surface area (Å²) in [5.74, 6) is 0.498. The van der Waals surface area contributed by atoms with Crippen molar-refractivity contribution in [3.8, 4) is 5.75 Å². The van der Waals surface area contributed by atoms with Crippen molar-refractivity contribution in [1.29, 1.82) is 0 Å². The molecule has 1 amide bonds. The lowest BCUT2D eigenvalue weighted by atomic mass is 9.93. The van der Waals surface area contributed by atoms with Gasteiger partial charge >= 0.3 is 5.69 Å². The molecular weight excluding hydrogens is 398 g/mol. The Morgan fingerprint density at radius 2 is 2.00 bits per heavy atom. The van der Waals surface area contributed by atoms with Crippen molar-refractivity contribution in [2.24, 2.45) is 0 Å². The fraction of sp³-hybridized carbons (Fsp3) is 0.450. The normalized spacial score (nSPS) is 18.1. The summed E-state index contributed by atoms with van der Waals surface area (Å²) in [7, 11) is 0. The minimum Gasteiger partial charge on any atom is -0.485 e. The number of H-pyrrole nitrogens is 2. The van der Waals surface area contributed by atoms with E-state index in [1.807, 2.05) is 6.07 Å². The van der Waals surface area contributed by atoms with Crippen LogP contribution in [0.15, 0.2) is 27.8 Å². The van der Waals surface area contributed by atoms with Crippen LogP contribution in [0.2, 0.25) is 5.02 Å². The van der Waals surface area contributed by atoms with E-state index in [1.54, 1.807) is 24.0 Å². The molecule has 1 aromatic carbocycles. The van der Waals surface area contributed by atoms with Crippen LogP contribution >= 0.6 is 11.6 Å². The van der Waals surface area contributed by atoms with Crippen LogP contribution in [0, 0.1) is 6.92 Å². The number of nitrogens with one attached hydrogen (secondary N) is 2. The molecule has 2 aliphatic rings. The molecule has 0 unspecified atom stereocenters. The Kier molecular flexibility index (Phi) is 5.23. The van der Waals surface area contributed by atoms with Gasteiger partial charge in [-0.15, -0.1) is 0 Å². The lowest BCUT2D eigenvalue weighted by Crippen LogP contribution is -2.51. The first-order valence-corrected chi connectivity index (χ1v) is 9.88. The van der Waals surface area contributed by atoms with E-state index >= 15 is 0 Å². The number of hydrogen-bond acceptors (Lipinski definition) is 5. The SMILES string of the molecule is Cc1[nH]c(=O)[nH]c(=O)c1CC(=O)N1Cc2cc(Cl)ccc2OC2(CCOCC2)C1. The number of halogens is 1. The monoisotopic (exact) mass is 419 g/mol. The molecule has 8 nitrogen and oxygen atoms in total. The number of aryl methyl sites for hydroxylation is 1. The summed E-state index contributed by atoms with van der Waals surface area (Å²) in [5, 5.41) is 0.565. The van der Waals surface area contributed by atoms with Gasteiger partial charge in [0.05, 0.1) is 26.2 Å². The van der Waals surface area contributed by atoms with Gasteiger partial charge in [0.25, 0.3) is 5.56 Å². The number of hydrogen-bond donors (Lipinski definition) is 2. The van der Waals surface area contributed by atoms with E-state index in [9.17, 15) is 14.4 Å². The van der Waals surface area contributed by atoms with Crippen molar-refractivity contribution in [3.63, 3.8) is 0 Å². The summed E-state index contributed by atoms with van der Waals surface area (Å²) < 4.78 is 11.9. The van der Waals surface area contributed by atoms with Crippen LogP contribution in [0.5, 0.6) is 5.75 Å². The van der Waals surface area contributed by atoms with E-state index < -0.39 is 16.9 Å². The molecule has 0 saturated carbocycles. The number of aromatic amines is 2. The van der Waals surface area contributed by atoms with Crippen molar-refractivity contribution in [2.75, 3.05) is 19.8 Å². The maximum atomic E-state index is 13.2. The minimum atomic E-state index is -0.586. The zero-order valence-corrected chi connectivity index (χ0v) is 16.8. The molecule has 2 aliphatic heterocycles. The molecule has 2 N–H and O–H groups in total. The Balaban J connectivity index is 1.67. The third-order valence-electron chi connectivity index (χ3n) is 5.53. The number of carbonyl (C=O) groups excluding carboxylic acids is 1. The molecule has 1 saturated heterocycles. The molecule has 0 radical (unpaired) electrons. The number of fused-ring (bicyclic) bond motifs is 1. The van der Waals surface area contributed by atoms with Crippen molar-refractivity contribution in [1.82, 2.24) is 14.9 Å². The molecule has 29 heavy (non-hydrogen) atoms. The van der Waals surface area contributed by atoms with Crippen LogP contribution in [-0.4, -0.2) is 46.1 Å². The molecule has 2 aromatic rings. The maximum absolute atomic E-state index is 13.2. The van der Waals surface area contributed by atoms with Gasteiger partial charge in [0.1, 0.15) is 11.4 Å². The summed E-state index contributed by atoms with van der Waals surface area (Å²) in [5.41, 5.74) is -0.207. The average molecular weight is 420 g/mol. The molecule has 1 aromatic heterocycles. The van der Waals surface area contributed by atoms with Crippen LogP contribution in [-0.2, 0) is 22.5 Å². The van der Waals surface area contributed by atoms with Crippen molar-refractivity contribution in [3.05, 3.63) is 60.9 Å². The first-order chi connectivity index (χ1) is 13.8. The lowest BCUT2D eigenvalue weighted by molar-refractivity contribution is -0.135. The fourth-order valence-corrected chi connectivity index (χ4v) is 4.12. The first-order valence-electron chi connectivity index (χ1n) is 9.50. The summed E-state index contributed by atoms with van der Waals surface area (Å²) in [6.45, 7) is 3.45. The molecular formula is C20H22ClN3O5. The Bertz CT molecular complexity index is 1050. The van der Waals surface area contributed by atoms with E-state index in [4.69, 9.17) is 21.1 Å². The predicted molar refractivity (Wildman–Crippen MR) is 106 cm³/mol. The summed E-state index contributed by atoms with van der Waals surface area (Å²) in [6, 6.07) is 5.40. The van der Waals surface area contributed by atoms with Gasteiger partial charge in [0.2, 0.25) is 5.91 Å². The quantitative estimate of drug-likeness (QED) is 0.768.